The predicted molar refractivity (Wildman–Crippen MR) is 98.2 cm³/mol. The fourth-order valence-corrected chi connectivity index (χ4v) is 3.54. The molecule has 6 nitrogen and oxygen atoms in total. The topological polar surface area (TPSA) is 65.7 Å². The Kier molecular flexibility index (Phi) is 4.76. The van der Waals surface area contributed by atoms with E-state index in [9.17, 15) is 9.50 Å². The molecule has 4 rings (SSSR count). The highest BCUT2D eigenvalue weighted by Crippen LogP contribution is 2.27. The van der Waals surface area contributed by atoms with Crippen LogP contribution in [0.15, 0.2) is 36.8 Å². The third-order valence-corrected chi connectivity index (χ3v) is 4.88. The highest BCUT2D eigenvalue weighted by atomic mass is 35.5. The van der Waals surface area contributed by atoms with Crippen LogP contribution < -0.4 is 5.32 Å². The van der Waals surface area contributed by atoms with E-state index in [1.807, 2.05) is 12.3 Å². The van der Waals surface area contributed by atoms with E-state index in [1.165, 1.54) is 18.5 Å². The molecule has 0 saturated carbocycles. The number of hydrogen-bond donors (Lipinski definition) is 2. The van der Waals surface area contributed by atoms with Crippen molar-refractivity contribution in [2.24, 2.45) is 0 Å². The van der Waals surface area contributed by atoms with E-state index in [4.69, 9.17) is 11.6 Å². The molecule has 1 aliphatic rings. The molecule has 8 heteroatoms. The number of hydrogen-bond acceptors (Lipinski definition) is 5. The number of aliphatic hydroxyl groups is 1. The summed E-state index contributed by atoms with van der Waals surface area (Å²) in [6.07, 6.45) is 4.93. The molecule has 0 radical (unpaired) electrons. The summed E-state index contributed by atoms with van der Waals surface area (Å²) in [4.78, 5) is 6.58. The molecule has 3 heterocycles. The Morgan fingerprint density at radius 3 is 3.04 bits per heavy atom. The number of piperidine rings is 1. The third-order valence-electron chi connectivity index (χ3n) is 4.59. The average Bonchev–Trinajstić information content (AvgIpc) is 3.02. The molecule has 3 aromatic rings. The molecular weight excluding hydrogens is 357 g/mol. The van der Waals surface area contributed by atoms with Crippen LogP contribution in [-0.2, 0) is 6.54 Å². The van der Waals surface area contributed by atoms with Gasteiger partial charge in [0.25, 0.3) is 0 Å². The number of aromatic nitrogens is 3. The Morgan fingerprint density at radius 1 is 1.35 bits per heavy atom. The Labute approximate surface area is 155 Å². The molecule has 2 N–H and O–H groups in total. The van der Waals surface area contributed by atoms with Gasteiger partial charge in [-0.3, -0.25) is 4.90 Å². The second-order valence-electron chi connectivity index (χ2n) is 6.53. The van der Waals surface area contributed by atoms with Crippen molar-refractivity contribution < 1.29 is 9.50 Å². The Bertz CT molecular complexity index is 931. The Hall–Kier alpha value is -2.22. The van der Waals surface area contributed by atoms with E-state index in [0.717, 1.165) is 30.5 Å². The summed E-state index contributed by atoms with van der Waals surface area (Å²) < 4.78 is 15.1. The van der Waals surface area contributed by atoms with Crippen LogP contribution in [0.25, 0.3) is 5.52 Å². The van der Waals surface area contributed by atoms with Crippen LogP contribution in [-0.4, -0.2) is 43.8 Å². The Morgan fingerprint density at radius 2 is 2.23 bits per heavy atom. The molecule has 1 fully saturated rings. The van der Waals surface area contributed by atoms with Crippen molar-refractivity contribution in [3.05, 3.63) is 53.2 Å². The number of nitrogens with one attached hydrogen (secondary N) is 1. The standard InChI is InChI=1S/C18H19ClFN5O/c19-15-8-13(3-4-16(15)20)23-18-17-12(5-7-25(17)22-11-21-18)9-24-6-1-2-14(26)10-24/h3-5,7-8,11,14,26H,1-2,6,9-10H2,(H,21,22,23)/t14-/m0/s1. The summed E-state index contributed by atoms with van der Waals surface area (Å²) in [5, 5.41) is 17.4. The maximum atomic E-state index is 13.4. The molecule has 1 atom stereocenters. The van der Waals surface area contributed by atoms with E-state index < -0.39 is 5.82 Å². The van der Waals surface area contributed by atoms with Crippen LogP contribution in [0.2, 0.25) is 5.02 Å². The van der Waals surface area contributed by atoms with Crippen molar-refractivity contribution in [2.75, 3.05) is 18.4 Å². The molecule has 1 saturated heterocycles. The van der Waals surface area contributed by atoms with E-state index in [1.54, 1.807) is 10.6 Å². The first-order valence-corrected chi connectivity index (χ1v) is 8.91. The normalized spacial score (nSPS) is 18.3. The monoisotopic (exact) mass is 375 g/mol. The summed E-state index contributed by atoms with van der Waals surface area (Å²) in [7, 11) is 0. The molecule has 0 spiro atoms. The molecule has 1 aromatic carbocycles. The minimum Gasteiger partial charge on any atom is -0.392 e. The van der Waals surface area contributed by atoms with Crippen molar-refractivity contribution in [1.82, 2.24) is 19.5 Å². The molecule has 2 aromatic heterocycles. The third kappa shape index (κ3) is 3.51. The van der Waals surface area contributed by atoms with Gasteiger partial charge in [0.1, 0.15) is 17.7 Å². The number of anilines is 2. The SMILES string of the molecule is O[C@H]1CCCN(Cc2ccn3ncnc(Nc4ccc(F)c(Cl)c4)c23)C1. The van der Waals surface area contributed by atoms with Crippen molar-refractivity contribution in [1.29, 1.82) is 0 Å². The van der Waals surface area contributed by atoms with E-state index in [2.05, 4.69) is 20.3 Å². The zero-order valence-electron chi connectivity index (χ0n) is 14.1. The number of halogens is 2. The zero-order valence-corrected chi connectivity index (χ0v) is 14.8. The lowest BCUT2D eigenvalue weighted by molar-refractivity contribution is 0.0670. The minimum absolute atomic E-state index is 0.0537. The molecule has 136 valence electrons. The van der Waals surface area contributed by atoms with Gasteiger partial charge in [0.15, 0.2) is 5.82 Å². The van der Waals surface area contributed by atoms with Crippen LogP contribution in [0.5, 0.6) is 0 Å². The van der Waals surface area contributed by atoms with Gasteiger partial charge >= 0.3 is 0 Å². The lowest BCUT2D eigenvalue weighted by atomic mass is 10.1. The summed E-state index contributed by atoms with van der Waals surface area (Å²) >= 11 is 5.87. The Balaban J connectivity index is 1.64. The second kappa shape index (κ2) is 7.19. The van der Waals surface area contributed by atoms with Crippen LogP contribution >= 0.6 is 11.6 Å². The van der Waals surface area contributed by atoms with Gasteiger partial charge in [0.05, 0.1) is 11.1 Å². The summed E-state index contributed by atoms with van der Waals surface area (Å²) in [6.45, 7) is 2.33. The van der Waals surface area contributed by atoms with E-state index in [-0.39, 0.29) is 11.1 Å². The van der Waals surface area contributed by atoms with Gasteiger partial charge in [-0.2, -0.15) is 5.10 Å². The minimum atomic E-state index is -0.461. The van der Waals surface area contributed by atoms with Crippen molar-refractivity contribution in [2.45, 2.75) is 25.5 Å². The highest BCUT2D eigenvalue weighted by molar-refractivity contribution is 6.31. The fraction of sp³-hybridized carbons (Fsp3) is 0.333. The average molecular weight is 376 g/mol. The number of benzene rings is 1. The van der Waals surface area contributed by atoms with Gasteiger partial charge in [0.2, 0.25) is 0 Å². The van der Waals surface area contributed by atoms with Crippen molar-refractivity contribution in [3.63, 3.8) is 0 Å². The number of β-amino-alcohol motifs (C(OH)–C–C–N with tert-alkyl or cyclic N) is 1. The maximum absolute atomic E-state index is 13.4. The van der Waals surface area contributed by atoms with Crippen LogP contribution in [0, 0.1) is 5.82 Å². The molecule has 0 amide bonds. The van der Waals surface area contributed by atoms with Gasteiger partial charge in [-0.15, -0.1) is 0 Å². The number of likely N-dealkylation sites (tertiary alicyclic amines) is 1. The number of rotatable bonds is 4. The predicted octanol–water partition coefficient (Wildman–Crippen LogP) is 3.22. The van der Waals surface area contributed by atoms with Gasteiger partial charge < -0.3 is 10.4 Å². The molecule has 0 aliphatic carbocycles. The first-order valence-electron chi connectivity index (χ1n) is 8.54. The molecule has 0 unspecified atom stereocenters. The lowest BCUT2D eigenvalue weighted by Crippen LogP contribution is -2.37. The number of fused-ring (bicyclic) bond motifs is 1. The van der Waals surface area contributed by atoms with Gasteiger partial charge in [-0.25, -0.2) is 13.9 Å². The summed E-state index contributed by atoms with van der Waals surface area (Å²) in [5.41, 5.74) is 2.57. The van der Waals surface area contributed by atoms with Gasteiger partial charge in [-0.05, 0) is 49.2 Å². The molecule has 26 heavy (non-hydrogen) atoms. The molecular formula is C18H19ClFN5O. The number of nitrogens with zero attached hydrogens (tertiary/aromatic N) is 4. The lowest BCUT2D eigenvalue weighted by Gasteiger charge is -2.29. The van der Waals surface area contributed by atoms with Crippen molar-refractivity contribution >= 4 is 28.6 Å². The summed E-state index contributed by atoms with van der Waals surface area (Å²) in [6, 6.07) is 6.47. The summed E-state index contributed by atoms with van der Waals surface area (Å²) in [5.74, 6) is 0.164. The van der Waals surface area contributed by atoms with E-state index >= 15 is 0 Å². The van der Waals surface area contributed by atoms with Crippen LogP contribution in [0.4, 0.5) is 15.9 Å². The van der Waals surface area contributed by atoms with E-state index in [0.29, 0.717) is 24.6 Å². The number of aliphatic hydroxyl groups excluding tert-OH is 1. The van der Waals surface area contributed by atoms with Crippen LogP contribution in [0.1, 0.15) is 18.4 Å². The molecule has 0 bridgehead atoms. The smallest absolute Gasteiger partial charge is 0.158 e. The van der Waals surface area contributed by atoms with Gasteiger partial charge in [-0.1, -0.05) is 11.6 Å². The second-order valence-corrected chi connectivity index (χ2v) is 6.94. The first kappa shape index (κ1) is 17.2. The maximum Gasteiger partial charge on any atom is 0.158 e. The zero-order chi connectivity index (χ0) is 18.1. The fourth-order valence-electron chi connectivity index (χ4n) is 3.36. The molecule has 1 aliphatic heterocycles. The largest absolute Gasteiger partial charge is 0.392 e. The van der Waals surface area contributed by atoms with Gasteiger partial charge in [0, 0.05) is 25.0 Å². The van der Waals surface area contributed by atoms with Crippen LogP contribution in [0.3, 0.4) is 0 Å². The highest BCUT2D eigenvalue weighted by Gasteiger charge is 2.20. The quantitative estimate of drug-likeness (QED) is 0.733. The van der Waals surface area contributed by atoms with Crippen molar-refractivity contribution in [3.8, 4) is 0 Å². The first-order chi connectivity index (χ1) is 12.6.